The van der Waals surface area contributed by atoms with Gasteiger partial charge in [-0.15, -0.1) is 11.6 Å². The van der Waals surface area contributed by atoms with Crippen LogP contribution in [-0.4, -0.2) is 9.55 Å². The Morgan fingerprint density at radius 2 is 2.05 bits per heavy atom. The molecule has 2 nitrogen and oxygen atoms in total. The second kappa shape index (κ2) is 5.35. The Bertz CT molecular complexity index is 801. The van der Waals surface area contributed by atoms with Crippen LogP contribution in [0, 0.1) is 5.82 Å². The van der Waals surface area contributed by atoms with E-state index in [9.17, 15) is 4.39 Å². The van der Waals surface area contributed by atoms with Crippen LogP contribution >= 0.6 is 39.1 Å². The summed E-state index contributed by atoms with van der Waals surface area (Å²) in [5.74, 6) is 0.345. The Labute approximate surface area is 133 Å². The molecule has 2 aromatic carbocycles. The fraction of sp³-hybridized carbons (Fsp3) is 0.0714. The molecular formula is C14H8BrCl2FN2. The minimum Gasteiger partial charge on any atom is -0.294 e. The second-order valence-corrected chi connectivity index (χ2v) is 5.79. The number of nitrogens with zero attached hydrogens (tertiary/aromatic N) is 2. The van der Waals surface area contributed by atoms with Gasteiger partial charge < -0.3 is 0 Å². The summed E-state index contributed by atoms with van der Waals surface area (Å²) in [6.45, 7) is 0. The molecule has 3 rings (SSSR count). The van der Waals surface area contributed by atoms with Crippen LogP contribution in [0.4, 0.5) is 4.39 Å². The Morgan fingerprint density at radius 1 is 1.25 bits per heavy atom. The van der Waals surface area contributed by atoms with Crippen LogP contribution in [0.25, 0.3) is 16.7 Å². The number of halogens is 4. The number of fused-ring (bicyclic) bond motifs is 1. The fourth-order valence-corrected chi connectivity index (χ4v) is 3.07. The summed E-state index contributed by atoms with van der Waals surface area (Å²) in [6, 6.07) is 10.3. The normalized spacial score (nSPS) is 11.2. The Kier molecular flexibility index (Phi) is 3.71. The Morgan fingerprint density at radius 3 is 2.75 bits per heavy atom. The van der Waals surface area contributed by atoms with Gasteiger partial charge in [0.05, 0.1) is 22.1 Å². The molecular weight excluding hydrogens is 366 g/mol. The summed E-state index contributed by atoms with van der Waals surface area (Å²) < 4.78 is 16.5. The van der Waals surface area contributed by atoms with Crippen LogP contribution in [0.5, 0.6) is 0 Å². The monoisotopic (exact) mass is 372 g/mol. The SMILES string of the molecule is Fc1cccc2c1nc(CCl)n2-c1ccc(Br)cc1Cl. The highest BCUT2D eigenvalue weighted by Crippen LogP contribution is 2.30. The van der Waals surface area contributed by atoms with Crippen LogP contribution in [0.15, 0.2) is 40.9 Å². The summed E-state index contributed by atoms with van der Waals surface area (Å²) in [4.78, 5) is 4.26. The third-order valence-electron chi connectivity index (χ3n) is 2.98. The summed E-state index contributed by atoms with van der Waals surface area (Å²) in [7, 11) is 0. The van der Waals surface area contributed by atoms with E-state index in [1.807, 2.05) is 12.1 Å². The van der Waals surface area contributed by atoms with Gasteiger partial charge in [-0.25, -0.2) is 9.37 Å². The van der Waals surface area contributed by atoms with Crippen molar-refractivity contribution in [2.75, 3.05) is 0 Å². The van der Waals surface area contributed by atoms with Crippen molar-refractivity contribution in [1.82, 2.24) is 9.55 Å². The molecule has 0 atom stereocenters. The van der Waals surface area contributed by atoms with Crippen molar-refractivity contribution in [1.29, 1.82) is 0 Å². The smallest absolute Gasteiger partial charge is 0.151 e. The molecule has 0 radical (unpaired) electrons. The standard InChI is InChI=1S/C14H8BrCl2FN2/c15-8-4-5-11(9(17)6-8)20-12-3-1-2-10(18)14(12)19-13(20)7-16/h1-6H,7H2. The van der Waals surface area contributed by atoms with Crippen LogP contribution in [0.3, 0.4) is 0 Å². The van der Waals surface area contributed by atoms with Gasteiger partial charge in [0.25, 0.3) is 0 Å². The van der Waals surface area contributed by atoms with E-state index >= 15 is 0 Å². The lowest BCUT2D eigenvalue weighted by molar-refractivity contribution is 0.637. The predicted octanol–water partition coefficient (Wildman–Crippen LogP) is 5.32. The number of benzene rings is 2. The lowest BCUT2D eigenvalue weighted by Crippen LogP contribution is -2.00. The molecule has 0 spiro atoms. The maximum atomic E-state index is 13.8. The van der Waals surface area contributed by atoms with E-state index in [1.54, 1.807) is 22.8 Å². The van der Waals surface area contributed by atoms with Gasteiger partial charge in [0, 0.05) is 4.47 Å². The molecule has 1 aromatic heterocycles. The number of alkyl halides is 1. The molecule has 0 saturated heterocycles. The van der Waals surface area contributed by atoms with Crippen molar-refractivity contribution in [3.8, 4) is 5.69 Å². The number of hydrogen-bond donors (Lipinski definition) is 0. The number of aromatic nitrogens is 2. The molecule has 3 aromatic rings. The molecule has 0 aliphatic rings. The van der Waals surface area contributed by atoms with E-state index in [2.05, 4.69) is 20.9 Å². The molecule has 1 heterocycles. The quantitative estimate of drug-likeness (QED) is 0.556. The molecule has 102 valence electrons. The summed E-state index contributed by atoms with van der Waals surface area (Å²) in [5.41, 5.74) is 1.66. The predicted molar refractivity (Wildman–Crippen MR) is 83.3 cm³/mol. The highest BCUT2D eigenvalue weighted by Gasteiger charge is 2.16. The molecule has 0 amide bonds. The first kappa shape index (κ1) is 13.9. The maximum absolute atomic E-state index is 13.8. The first-order valence-corrected chi connectivity index (χ1v) is 7.49. The number of imidazole rings is 1. The highest BCUT2D eigenvalue weighted by atomic mass is 79.9. The fourth-order valence-electron chi connectivity index (χ4n) is 2.13. The molecule has 0 saturated carbocycles. The topological polar surface area (TPSA) is 17.8 Å². The lowest BCUT2D eigenvalue weighted by Gasteiger charge is -2.10. The molecule has 0 fully saturated rings. The van der Waals surface area contributed by atoms with Gasteiger partial charge in [0.2, 0.25) is 0 Å². The number of rotatable bonds is 2. The molecule has 20 heavy (non-hydrogen) atoms. The number of hydrogen-bond acceptors (Lipinski definition) is 1. The zero-order valence-corrected chi connectivity index (χ0v) is 13.2. The summed E-state index contributed by atoms with van der Waals surface area (Å²) in [6.07, 6.45) is 0. The molecule has 0 unspecified atom stereocenters. The van der Waals surface area contributed by atoms with Gasteiger partial charge in [0.15, 0.2) is 5.82 Å². The van der Waals surface area contributed by atoms with Gasteiger partial charge in [-0.3, -0.25) is 4.57 Å². The summed E-state index contributed by atoms with van der Waals surface area (Å²) in [5, 5.41) is 0.536. The van der Waals surface area contributed by atoms with E-state index < -0.39 is 0 Å². The van der Waals surface area contributed by atoms with Crippen molar-refractivity contribution in [3.05, 3.63) is 57.5 Å². The maximum Gasteiger partial charge on any atom is 0.151 e. The molecule has 0 bridgehead atoms. The van der Waals surface area contributed by atoms with Crippen LogP contribution in [0.2, 0.25) is 5.02 Å². The Hall–Kier alpha value is -1.10. The van der Waals surface area contributed by atoms with Crippen molar-refractivity contribution < 1.29 is 4.39 Å². The number of para-hydroxylation sites is 1. The van der Waals surface area contributed by atoms with Crippen molar-refractivity contribution in [2.24, 2.45) is 0 Å². The average molecular weight is 374 g/mol. The van der Waals surface area contributed by atoms with Crippen LogP contribution < -0.4 is 0 Å². The van der Waals surface area contributed by atoms with Crippen LogP contribution in [0.1, 0.15) is 5.82 Å². The highest BCUT2D eigenvalue weighted by molar-refractivity contribution is 9.10. The molecule has 0 aliphatic heterocycles. The van der Waals surface area contributed by atoms with Gasteiger partial charge in [0.1, 0.15) is 11.3 Å². The minimum atomic E-state index is -0.374. The van der Waals surface area contributed by atoms with Gasteiger partial charge >= 0.3 is 0 Å². The third kappa shape index (κ3) is 2.22. The zero-order chi connectivity index (χ0) is 14.3. The largest absolute Gasteiger partial charge is 0.294 e. The Balaban J connectivity index is 2.37. The van der Waals surface area contributed by atoms with Crippen LogP contribution in [-0.2, 0) is 5.88 Å². The molecule has 6 heteroatoms. The molecule has 0 N–H and O–H groups in total. The average Bonchev–Trinajstić information content (AvgIpc) is 2.79. The third-order valence-corrected chi connectivity index (χ3v) is 4.01. The molecule has 0 aliphatic carbocycles. The van der Waals surface area contributed by atoms with E-state index in [1.165, 1.54) is 6.07 Å². The van der Waals surface area contributed by atoms with Crippen molar-refractivity contribution >= 4 is 50.2 Å². The van der Waals surface area contributed by atoms with Crippen molar-refractivity contribution in [3.63, 3.8) is 0 Å². The first-order chi connectivity index (χ1) is 9.61. The zero-order valence-electron chi connectivity index (χ0n) is 10.1. The van der Waals surface area contributed by atoms with Gasteiger partial charge in [-0.05, 0) is 30.3 Å². The minimum absolute atomic E-state index is 0.167. The van der Waals surface area contributed by atoms with Gasteiger partial charge in [-0.2, -0.15) is 0 Å². The van der Waals surface area contributed by atoms with Crippen molar-refractivity contribution in [2.45, 2.75) is 5.88 Å². The lowest BCUT2D eigenvalue weighted by atomic mass is 10.2. The van der Waals surface area contributed by atoms with E-state index in [4.69, 9.17) is 23.2 Å². The summed E-state index contributed by atoms with van der Waals surface area (Å²) >= 11 is 15.6. The first-order valence-electron chi connectivity index (χ1n) is 5.79. The second-order valence-electron chi connectivity index (χ2n) is 4.20. The van der Waals surface area contributed by atoms with E-state index in [-0.39, 0.29) is 11.7 Å². The van der Waals surface area contributed by atoms with E-state index in [0.29, 0.717) is 21.9 Å². The van der Waals surface area contributed by atoms with E-state index in [0.717, 1.165) is 10.2 Å². The van der Waals surface area contributed by atoms with Gasteiger partial charge in [-0.1, -0.05) is 33.6 Å².